The van der Waals surface area contributed by atoms with Crippen molar-refractivity contribution in [2.75, 3.05) is 38.0 Å². The lowest BCUT2D eigenvalue weighted by atomic mass is 10.1. The van der Waals surface area contributed by atoms with Gasteiger partial charge in [-0.25, -0.2) is 4.98 Å². The number of piperazine rings is 1. The summed E-state index contributed by atoms with van der Waals surface area (Å²) in [6, 6.07) is 8.21. The number of nitrogens with zero attached hydrogens (tertiary/aromatic N) is 3. The minimum atomic E-state index is -4.33. The zero-order valence-electron chi connectivity index (χ0n) is 14.7. The minimum Gasteiger partial charge on any atom is -0.357 e. The molecule has 8 heteroatoms. The Morgan fingerprint density at radius 3 is 2.23 bits per heavy atom. The van der Waals surface area contributed by atoms with Crippen LogP contribution in [0.4, 0.5) is 18.3 Å². The van der Waals surface area contributed by atoms with Gasteiger partial charge in [-0.05, 0) is 17.7 Å². The summed E-state index contributed by atoms with van der Waals surface area (Å²) in [5.74, 6) is 0. The molecule has 0 bridgehead atoms. The highest BCUT2D eigenvalue weighted by molar-refractivity contribution is 7.15. The second-order valence-electron chi connectivity index (χ2n) is 6.41. The van der Waals surface area contributed by atoms with E-state index in [1.165, 1.54) is 5.56 Å². The van der Waals surface area contributed by atoms with E-state index in [1.807, 2.05) is 12.1 Å². The summed E-state index contributed by atoms with van der Waals surface area (Å²) in [6.45, 7) is 9.11. The largest absolute Gasteiger partial charge is 0.427 e. The van der Waals surface area contributed by atoms with Gasteiger partial charge in [-0.1, -0.05) is 42.5 Å². The normalized spacial score (nSPS) is 16.8. The number of hydrogen-bond donors (Lipinski definition) is 1. The molecule has 0 spiro atoms. The van der Waals surface area contributed by atoms with Crippen LogP contribution in [-0.4, -0.2) is 47.5 Å². The fraction of sp³-hybridized carbons (Fsp3) is 0.500. The maximum Gasteiger partial charge on any atom is 0.427 e. The van der Waals surface area contributed by atoms with Gasteiger partial charge >= 0.3 is 6.18 Å². The van der Waals surface area contributed by atoms with Gasteiger partial charge in [0.15, 0.2) is 5.13 Å². The van der Waals surface area contributed by atoms with Gasteiger partial charge in [0.2, 0.25) is 0 Å². The molecule has 3 rings (SSSR count). The Bertz CT molecular complexity index is 691. The van der Waals surface area contributed by atoms with Crippen molar-refractivity contribution in [2.24, 2.45) is 0 Å². The second-order valence-corrected chi connectivity index (χ2v) is 7.44. The third-order valence-corrected chi connectivity index (χ3v) is 5.57. The van der Waals surface area contributed by atoms with Gasteiger partial charge in [0.1, 0.15) is 4.88 Å². The molecule has 1 aliphatic heterocycles. The molecule has 1 aliphatic rings. The topological polar surface area (TPSA) is 31.4 Å². The number of anilines is 1. The van der Waals surface area contributed by atoms with Crippen LogP contribution in [0, 0.1) is 0 Å². The van der Waals surface area contributed by atoms with E-state index in [9.17, 15) is 13.2 Å². The first-order valence-electron chi connectivity index (χ1n) is 8.73. The first kappa shape index (κ1) is 19.1. The van der Waals surface area contributed by atoms with E-state index in [1.54, 1.807) is 0 Å². The Hall–Kier alpha value is -1.64. The molecular weight excluding hydrogens is 361 g/mol. The summed E-state index contributed by atoms with van der Waals surface area (Å²) in [5, 5.41) is 3.24. The number of thiazole rings is 1. The standard InChI is InChI=1S/C18H23F3N4S/c1-2-24-7-9-25(10-8-24)13-15-5-3-14(4-6-15)11-22-17-23-12-16(26-17)18(19,20)21/h3-6,12H,2,7-11,13H2,1H3,(H,22,23). The lowest BCUT2D eigenvalue weighted by molar-refractivity contribution is -0.134. The maximum atomic E-state index is 12.6. The highest BCUT2D eigenvalue weighted by Crippen LogP contribution is 2.35. The van der Waals surface area contributed by atoms with E-state index in [2.05, 4.69) is 39.2 Å². The predicted octanol–water partition coefficient (Wildman–Crippen LogP) is 3.91. The van der Waals surface area contributed by atoms with Crippen LogP contribution in [0.1, 0.15) is 22.9 Å². The zero-order chi connectivity index (χ0) is 18.6. The Morgan fingerprint density at radius 2 is 1.65 bits per heavy atom. The Balaban J connectivity index is 1.48. The van der Waals surface area contributed by atoms with E-state index in [0.29, 0.717) is 17.9 Å². The van der Waals surface area contributed by atoms with Crippen LogP contribution >= 0.6 is 11.3 Å². The number of hydrogen-bond acceptors (Lipinski definition) is 5. The molecule has 142 valence electrons. The van der Waals surface area contributed by atoms with Gasteiger partial charge < -0.3 is 10.2 Å². The third-order valence-electron chi connectivity index (χ3n) is 4.57. The molecule has 0 atom stereocenters. The number of nitrogens with one attached hydrogen (secondary N) is 1. The Morgan fingerprint density at radius 1 is 1.04 bits per heavy atom. The molecular formula is C18H23F3N4S. The van der Waals surface area contributed by atoms with Crippen LogP contribution in [0.3, 0.4) is 0 Å². The third kappa shape index (κ3) is 5.18. The van der Waals surface area contributed by atoms with Crippen molar-refractivity contribution in [2.45, 2.75) is 26.2 Å². The molecule has 1 aromatic heterocycles. The van der Waals surface area contributed by atoms with Crippen LogP contribution in [0.5, 0.6) is 0 Å². The van der Waals surface area contributed by atoms with Gasteiger partial charge in [0, 0.05) is 39.3 Å². The Kier molecular flexibility index (Phi) is 6.16. The van der Waals surface area contributed by atoms with E-state index in [-0.39, 0.29) is 5.13 Å². The molecule has 0 radical (unpaired) electrons. The quantitative estimate of drug-likeness (QED) is 0.818. The van der Waals surface area contributed by atoms with Crippen molar-refractivity contribution in [3.63, 3.8) is 0 Å². The van der Waals surface area contributed by atoms with Crippen molar-refractivity contribution in [1.82, 2.24) is 14.8 Å². The van der Waals surface area contributed by atoms with Crippen molar-refractivity contribution in [3.05, 3.63) is 46.5 Å². The molecule has 4 nitrogen and oxygen atoms in total. The van der Waals surface area contributed by atoms with Gasteiger partial charge in [0.25, 0.3) is 0 Å². The van der Waals surface area contributed by atoms with Crippen molar-refractivity contribution < 1.29 is 13.2 Å². The average Bonchev–Trinajstić information content (AvgIpc) is 3.11. The minimum absolute atomic E-state index is 0.287. The van der Waals surface area contributed by atoms with Gasteiger partial charge in [0.05, 0.1) is 6.20 Å². The SMILES string of the molecule is CCN1CCN(Cc2ccc(CNc3ncc(C(F)(F)F)s3)cc2)CC1. The summed E-state index contributed by atoms with van der Waals surface area (Å²) in [6.07, 6.45) is -3.46. The number of likely N-dealkylation sites (N-methyl/N-ethyl adjacent to an activating group) is 1. The zero-order valence-corrected chi connectivity index (χ0v) is 15.5. The van der Waals surface area contributed by atoms with Crippen LogP contribution in [0.15, 0.2) is 30.5 Å². The highest BCUT2D eigenvalue weighted by atomic mass is 32.1. The molecule has 2 heterocycles. The molecule has 0 amide bonds. The van der Waals surface area contributed by atoms with Gasteiger partial charge in [-0.2, -0.15) is 13.2 Å². The number of aromatic nitrogens is 1. The van der Waals surface area contributed by atoms with Crippen molar-refractivity contribution in [1.29, 1.82) is 0 Å². The van der Waals surface area contributed by atoms with Crippen molar-refractivity contribution >= 4 is 16.5 Å². The van der Waals surface area contributed by atoms with Crippen LogP contribution in [0.2, 0.25) is 0 Å². The lowest BCUT2D eigenvalue weighted by Gasteiger charge is -2.34. The summed E-state index contributed by atoms with van der Waals surface area (Å²) < 4.78 is 37.7. The summed E-state index contributed by atoms with van der Waals surface area (Å²) >= 11 is 0.630. The van der Waals surface area contributed by atoms with Crippen molar-refractivity contribution in [3.8, 4) is 0 Å². The van der Waals surface area contributed by atoms with Crippen LogP contribution in [0.25, 0.3) is 0 Å². The fourth-order valence-corrected chi connectivity index (χ4v) is 3.63. The first-order chi connectivity index (χ1) is 12.4. The summed E-state index contributed by atoms with van der Waals surface area (Å²) in [7, 11) is 0. The molecule has 0 unspecified atom stereocenters. The average molecular weight is 384 g/mol. The van der Waals surface area contributed by atoms with Gasteiger partial charge in [-0.3, -0.25) is 4.90 Å². The first-order valence-corrected chi connectivity index (χ1v) is 9.55. The van der Waals surface area contributed by atoms with Crippen LogP contribution < -0.4 is 5.32 Å². The molecule has 1 saturated heterocycles. The molecule has 26 heavy (non-hydrogen) atoms. The molecule has 0 aliphatic carbocycles. The van der Waals surface area contributed by atoms with Gasteiger partial charge in [-0.15, -0.1) is 0 Å². The second kappa shape index (κ2) is 8.37. The van der Waals surface area contributed by atoms with E-state index < -0.39 is 11.1 Å². The molecule has 2 aromatic rings. The lowest BCUT2D eigenvalue weighted by Crippen LogP contribution is -2.45. The molecule has 1 aromatic carbocycles. The summed E-state index contributed by atoms with van der Waals surface area (Å²) in [4.78, 5) is 8.01. The van der Waals surface area contributed by atoms with Crippen LogP contribution in [-0.2, 0) is 19.3 Å². The number of alkyl halides is 3. The smallest absolute Gasteiger partial charge is 0.357 e. The summed E-state index contributed by atoms with van der Waals surface area (Å²) in [5.41, 5.74) is 2.28. The number of benzene rings is 1. The number of rotatable bonds is 6. The van der Waals surface area contributed by atoms with E-state index in [0.717, 1.165) is 51.0 Å². The van der Waals surface area contributed by atoms with E-state index in [4.69, 9.17) is 0 Å². The van der Waals surface area contributed by atoms with E-state index >= 15 is 0 Å². The predicted molar refractivity (Wildman–Crippen MR) is 98.3 cm³/mol. The number of halogens is 3. The maximum absolute atomic E-state index is 12.6. The molecule has 1 N–H and O–H groups in total. The fourth-order valence-electron chi connectivity index (χ4n) is 2.95. The molecule has 0 saturated carbocycles. The highest BCUT2D eigenvalue weighted by Gasteiger charge is 2.33. The monoisotopic (exact) mass is 384 g/mol. The molecule has 1 fully saturated rings. The Labute approximate surface area is 155 Å².